The van der Waals surface area contributed by atoms with Crippen molar-refractivity contribution in [3.63, 3.8) is 0 Å². The van der Waals surface area contributed by atoms with Gasteiger partial charge in [-0.25, -0.2) is 0 Å². The Bertz CT molecular complexity index is 518. The second-order valence-corrected chi connectivity index (χ2v) is 5.84. The summed E-state index contributed by atoms with van der Waals surface area (Å²) in [5, 5.41) is 2.78. The normalized spacial score (nSPS) is 23.4. The molecule has 0 radical (unpaired) electrons. The predicted molar refractivity (Wildman–Crippen MR) is 76.4 cm³/mol. The fourth-order valence-corrected chi connectivity index (χ4v) is 2.60. The maximum absolute atomic E-state index is 12.4. The average Bonchev–Trinajstić information content (AvgIpc) is 2.38. The molecule has 0 aliphatic carbocycles. The van der Waals surface area contributed by atoms with E-state index < -0.39 is 5.54 Å². The first kappa shape index (κ1) is 14.1. The van der Waals surface area contributed by atoms with Crippen molar-refractivity contribution < 1.29 is 9.59 Å². The van der Waals surface area contributed by atoms with E-state index >= 15 is 0 Å². The first-order chi connectivity index (χ1) is 8.96. The molecule has 1 aliphatic heterocycles. The highest BCUT2D eigenvalue weighted by Crippen LogP contribution is 2.22. The molecule has 2 amide bonds. The van der Waals surface area contributed by atoms with Gasteiger partial charge in [0.05, 0.1) is 6.54 Å². The van der Waals surface area contributed by atoms with E-state index in [2.05, 4.69) is 21.2 Å². The summed E-state index contributed by atoms with van der Waals surface area (Å²) in [5.41, 5.74) is 0.223. The Balaban J connectivity index is 2.22. The number of hydrogen-bond donors (Lipinski definition) is 1. The third-order valence-electron chi connectivity index (χ3n) is 3.54. The molecule has 0 aromatic heterocycles. The van der Waals surface area contributed by atoms with Crippen molar-refractivity contribution in [1.82, 2.24) is 10.2 Å². The average molecular weight is 325 g/mol. The van der Waals surface area contributed by atoms with Crippen LogP contribution in [0.5, 0.6) is 0 Å². The summed E-state index contributed by atoms with van der Waals surface area (Å²) in [6.45, 7) is 4.25. The van der Waals surface area contributed by atoms with E-state index in [0.717, 1.165) is 10.0 Å². The highest BCUT2D eigenvalue weighted by atomic mass is 79.9. The van der Waals surface area contributed by atoms with E-state index in [9.17, 15) is 9.59 Å². The third-order valence-corrected chi connectivity index (χ3v) is 4.31. The van der Waals surface area contributed by atoms with E-state index in [1.807, 2.05) is 31.2 Å². The Kier molecular flexibility index (Phi) is 3.94. The number of carbonyl (C=O) groups is 2. The number of nitrogens with one attached hydrogen (secondary N) is 1. The Morgan fingerprint density at radius 3 is 2.68 bits per heavy atom. The summed E-state index contributed by atoms with van der Waals surface area (Å²) >= 11 is 3.47. The van der Waals surface area contributed by atoms with Crippen LogP contribution in [0.2, 0.25) is 0 Å². The summed E-state index contributed by atoms with van der Waals surface area (Å²) in [5.74, 6) is -0.124. The Morgan fingerprint density at radius 2 is 2.05 bits per heavy atom. The zero-order chi connectivity index (χ0) is 14.0. The van der Waals surface area contributed by atoms with Gasteiger partial charge in [-0.3, -0.25) is 9.59 Å². The van der Waals surface area contributed by atoms with Gasteiger partial charge < -0.3 is 10.2 Å². The third kappa shape index (κ3) is 2.81. The molecule has 1 saturated heterocycles. The fourth-order valence-electron chi connectivity index (χ4n) is 2.19. The second kappa shape index (κ2) is 5.33. The summed E-state index contributed by atoms with van der Waals surface area (Å²) < 4.78 is 0.951. The zero-order valence-corrected chi connectivity index (χ0v) is 12.7. The van der Waals surface area contributed by atoms with Crippen molar-refractivity contribution in [2.75, 3.05) is 6.54 Å². The van der Waals surface area contributed by atoms with Gasteiger partial charge in [0, 0.05) is 11.0 Å². The van der Waals surface area contributed by atoms with Crippen molar-refractivity contribution in [3.05, 3.63) is 34.3 Å². The molecule has 1 heterocycles. The van der Waals surface area contributed by atoms with Gasteiger partial charge in [0.15, 0.2) is 0 Å². The molecule has 1 aliphatic rings. The minimum Gasteiger partial charge on any atom is -0.340 e. The maximum Gasteiger partial charge on any atom is 0.248 e. The number of carbonyl (C=O) groups excluding carboxylic acids is 2. The quantitative estimate of drug-likeness (QED) is 0.925. The minimum absolute atomic E-state index is 0.0228. The van der Waals surface area contributed by atoms with Crippen LogP contribution in [0.1, 0.15) is 25.8 Å². The van der Waals surface area contributed by atoms with Gasteiger partial charge in [0.2, 0.25) is 11.8 Å². The van der Waals surface area contributed by atoms with E-state index in [-0.39, 0.29) is 18.4 Å². The fraction of sp³-hybridized carbons (Fsp3) is 0.429. The van der Waals surface area contributed by atoms with Crippen molar-refractivity contribution in [2.45, 2.75) is 32.4 Å². The molecule has 1 atom stereocenters. The number of benzene rings is 1. The Hall–Kier alpha value is -1.36. The van der Waals surface area contributed by atoms with Crippen LogP contribution in [-0.2, 0) is 16.1 Å². The van der Waals surface area contributed by atoms with Gasteiger partial charge in [0.1, 0.15) is 5.54 Å². The van der Waals surface area contributed by atoms with Gasteiger partial charge in [-0.1, -0.05) is 41.1 Å². The van der Waals surface area contributed by atoms with Gasteiger partial charge in [0.25, 0.3) is 0 Å². The molecule has 1 aromatic rings. The molecular formula is C14H17BrN2O2. The highest BCUT2D eigenvalue weighted by Gasteiger charge is 2.41. The largest absolute Gasteiger partial charge is 0.340 e. The van der Waals surface area contributed by atoms with E-state index in [4.69, 9.17) is 0 Å². The Morgan fingerprint density at radius 1 is 1.37 bits per heavy atom. The van der Waals surface area contributed by atoms with Crippen molar-refractivity contribution in [1.29, 1.82) is 0 Å². The molecule has 1 N–H and O–H groups in total. The van der Waals surface area contributed by atoms with Crippen molar-refractivity contribution in [2.24, 2.45) is 0 Å². The summed E-state index contributed by atoms with van der Waals surface area (Å²) in [6.07, 6.45) is 0.587. The van der Waals surface area contributed by atoms with Gasteiger partial charge in [-0.15, -0.1) is 0 Å². The first-order valence-corrected chi connectivity index (χ1v) is 7.09. The van der Waals surface area contributed by atoms with E-state index in [1.165, 1.54) is 0 Å². The molecule has 0 spiro atoms. The number of piperazine rings is 1. The van der Waals surface area contributed by atoms with E-state index in [1.54, 1.807) is 11.8 Å². The van der Waals surface area contributed by atoms with Gasteiger partial charge in [-0.2, -0.15) is 0 Å². The Labute approximate surface area is 121 Å². The van der Waals surface area contributed by atoms with E-state index in [0.29, 0.717) is 13.0 Å². The van der Waals surface area contributed by atoms with Crippen LogP contribution in [-0.4, -0.2) is 28.8 Å². The maximum atomic E-state index is 12.4. The number of hydrogen-bond acceptors (Lipinski definition) is 2. The smallest absolute Gasteiger partial charge is 0.248 e. The summed E-state index contributed by atoms with van der Waals surface area (Å²) in [7, 11) is 0. The number of halogens is 1. The van der Waals surface area contributed by atoms with Gasteiger partial charge >= 0.3 is 0 Å². The van der Waals surface area contributed by atoms with Crippen LogP contribution >= 0.6 is 15.9 Å². The molecule has 102 valence electrons. The van der Waals surface area contributed by atoms with Crippen molar-refractivity contribution >= 4 is 27.7 Å². The predicted octanol–water partition coefficient (Wildman–Crippen LogP) is 2.08. The van der Waals surface area contributed by atoms with Crippen LogP contribution in [0.4, 0.5) is 0 Å². The number of amides is 2. The molecule has 2 rings (SSSR count). The SMILES string of the molecule is CCC1(C)NC(=O)CN(Cc2ccccc2Br)C1=O. The molecule has 1 aromatic carbocycles. The summed E-state index contributed by atoms with van der Waals surface area (Å²) in [4.78, 5) is 25.8. The number of rotatable bonds is 3. The summed E-state index contributed by atoms with van der Waals surface area (Å²) in [6, 6.07) is 7.73. The van der Waals surface area contributed by atoms with Crippen LogP contribution in [0.25, 0.3) is 0 Å². The second-order valence-electron chi connectivity index (χ2n) is 4.99. The monoisotopic (exact) mass is 324 g/mol. The molecule has 1 unspecified atom stereocenters. The molecule has 0 saturated carbocycles. The van der Waals surface area contributed by atoms with Crippen LogP contribution in [0.3, 0.4) is 0 Å². The number of nitrogens with zero attached hydrogens (tertiary/aromatic N) is 1. The molecule has 0 bridgehead atoms. The molecular weight excluding hydrogens is 308 g/mol. The standard InChI is InChI=1S/C14H17BrN2O2/c1-3-14(2)13(19)17(9-12(18)16-14)8-10-6-4-5-7-11(10)15/h4-7H,3,8-9H2,1-2H3,(H,16,18). The van der Waals surface area contributed by atoms with Crippen LogP contribution < -0.4 is 5.32 Å². The minimum atomic E-state index is -0.781. The lowest BCUT2D eigenvalue weighted by Crippen LogP contribution is -2.64. The zero-order valence-electron chi connectivity index (χ0n) is 11.1. The molecule has 5 heteroatoms. The first-order valence-electron chi connectivity index (χ1n) is 6.30. The lowest BCUT2D eigenvalue weighted by atomic mass is 9.94. The lowest BCUT2D eigenvalue weighted by molar-refractivity contribution is -0.149. The van der Waals surface area contributed by atoms with Crippen LogP contribution in [0, 0.1) is 0 Å². The molecule has 4 nitrogen and oxygen atoms in total. The van der Waals surface area contributed by atoms with Crippen molar-refractivity contribution in [3.8, 4) is 0 Å². The highest BCUT2D eigenvalue weighted by molar-refractivity contribution is 9.10. The van der Waals surface area contributed by atoms with Crippen LogP contribution in [0.15, 0.2) is 28.7 Å². The lowest BCUT2D eigenvalue weighted by Gasteiger charge is -2.39. The molecule has 1 fully saturated rings. The van der Waals surface area contributed by atoms with Gasteiger partial charge in [-0.05, 0) is 25.0 Å². The molecule has 19 heavy (non-hydrogen) atoms. The topological polar surface area (TPSA) is 49.4 Å².